The quantitative estimate of drug-likeness (QED) is 0.421. The number of H-pyrrole nitrogens is 1. The third-order valence-electron chi connectivity index (χ3n) is 5.64. The highest BCUT2D eigenvalue weighted by Crippen LogP contribution is 2.30. The number of benzene rings is 1. The van der Waals surface area contributed by atoms with Crippen molar-refractivity contribution in [2.45, 2.75) is 39.2 Å². The predicted molar refractivity (Wildman–Crippen MR) is 114 cm³/mol. The van der Waals surface area contributed by atoms with Gasteiger partial charge in [0, 0.05) is 5.69 Å². The number of fused-ring (bicyclic) bond motifs is 1. The Morgan fingerprint density at radius 1 is 1.22 bits per heavy atom. The molecule has 0 aliphatic rings. The van der Waals surface area contributed by atoms with E-state index in [0.29, 0.717) is 29.6 Å². The number of nitrogens with one attached hydrogen (secondary N) is 2. The molecule has 4 rings (SSSR count). The number of aromatic nitrogens is 5. The lowest BCUT2D eigenvalue weighted by molar-refractivity contribution is 0.0197. The number of aryl methyl sites for hydroxylation is 1. The van der Waals surface area contributed by atoms with Crippen molar-refractivity contribution in [3.05, 3.63) is 65.2 Å². The molecule has 0 aliphatic carbocycles. The summed E-state index contributed by atoms with van der Waals surface area (Å²) in [6.45, 7) is 5.30. The number of aliphatic hydroxyl groups is 1. The van der Waals surface area contributed by atoms with E-state index in [2.05, 4.69) is 25.6 Å². The van der Waals surface area contributed by atoms with Gasteiger partial charge in [-0.2, -0.15) is 5.10 Å². The second-order valence-corrected chi connectivity index (χ2v) is 7.60. The maximum atomic E-state index is 14.7. The minimum atomic E-state index is -1.19. The van der Waals surface area contributed by atoms with Crippen LogP contribution in [0.3, 0.4) is 0 Å². The van der Waals surface area contributed by atoms with Crippen LogP contribution in [0.5, 0.6) is 0 Å². The molecule has 1 amide bonds. The van der Waals surface area contributed by atoms with Crippen LogP contribution in [0.1, 0.15) is 48.4 Å². The highest BCUT2D eigenvalue weighted by molar-refractivity contribution is 6.09. The van der Waals surface area contributed by atoms with Gasteiger partial charge in [-0.15, -0.1) is 10.2 Å². The standard InChI is InChI=1S/C22H22F2N6O2/c1-4-22(32,5-2)21-27-19(28-29-21)14-9-17(12(3)8-16(14)24)26-20(31)15-10-25-30-11-13(23)6-7-18(15)30/h6-11,32H,4-5H2,1-3H3,(H,26,31)(H,27,28,29). The van der Waals surface area contributed by atoms with E-state index in [1.54, 1.807) is 6.92 Å². The number of pyridine rings is 1. The van der Waals surface area contributed by atoms with Crippen molar-refractivity contribution in [3.8, 4) is 11.4 Å². The number of hydrogen-bond acceptors (Lipinski definition) is 5. The fraction of sp³-hybridized carbons (Fsp3) is 0.273. The van der Waals surface area contributed by atoms with E-state index in [0.717, 1.165) is 0 Å². The van der Waals surface area contributed by atoms with Gasteiger partial charge in [0.05, 0.1) is 29.0 Å². The van der Waals surface area contributed by atoms with Crippen molar-refractivity contribution in [2.75, 3.05) is 5.32 Å². The second kappa shape index (κ2) is 8.12. The van der Waals surface area contributed by atoms with Gasteiger partial charge < -0.3 is 15.4 Å². The first kappa shape index (κ1) is 21.6. The van der Waals surface area contributed by atoms with Gasteiger partial charge in [-0.05, 0) is 49.6 Å². The lowest BCUT2D eigenvalue weighted by Crippen LogP contribution is -2.25. The van der Waals surface area contributed by atoms with Gasteiger partial charge >= 0.3 is 0 Å². The van der Waals surface area contributed by atoms with Crippen LogP contribution in [-0.2, 0) is 5.60 Å². The van der Waals surface area contributed by atoms with Gasteiger partial charge in [0.2, 0.25) is 0 Å². The van der Waals surface area contributed by atoms with Gasteiger partial charge in [0.25, 0.3) is 5.91 Å². The fourth-order valence-electron chi connectivity index (χ4n) is 3.49. The summed E-state index contributed by atoms with van der Waals surface area (Å²) in [5.74, 6) is -1.11. The van der Waals surface area contributed by atoms with Crippen molar-refractivity contribution < 1.29 is 18.7 Å². The van der Waals surface area contributed by atoms with Crippen molar-refractivity contribution in [1.82, 2.24) is 24.8 Å². The highest BCUT2D eigenvalue weighted by Gasteiger charge is 2.29. The van der Waals surface area contributed by atoms with E-state index in [4.69, 9.17) is 0 Å². The molecule has 32 heavy (non-hydrogen) atoms. The summed E-state index contributed by atoms with van der Waals surface area (Å²) in [5, 5.41) is 25.4. The zero-order valence-electron chi connectivity index (χ0n) is 17.8. The lowest BCUT2D eigenvalue weighted by Gasteiger charge is -2.21. The largest absolute Gasteiger partial charge is 0.382 e. The highest BCUT2D eigenvalue weighted by atomic mass is 19.1. The molecule has 3 N–H and O–H groups in total. The minimum Gasteiger partial charge on any atom is -0.382 e. The third-order valence-corrected chi connectivity index (χ3v) is 5.64. The molecule has 0 saturated heterocycles. The van der Waals surface area contributed by atoms with E-state index in [-0.39, 0.29) is 22.8 Å². The molecule has 8 nitrogen and oxygen atoms in total. The number of halogens is 2. The van der Waals surface area contributed by atoms with Crippen LogP contribution in [0.2, 0.25) is 0 Å². The number of carbonyl (C=O) groups is 1. The third kappa shape index (κ3) is 3.73. The van der Waals surface area contributed by atoms with Crippen LogP contribution in [0, 0.1) is 18.6 Å². The molecule has 4 aromatic rings. The summed E-state index contributed by atoms with van der Waals surface area (Å²) in [7, 11) is 0. The van der Waals surface area contributed by atoms with Crippen LogP contribution >= 0.6 is 0 Å². The Bertz CT molecular complexity index is 1310. The zero-order chi connectivity index (χ0) is 23.0. The SMILES string of the molecule is CCC(O)(CC)c1nnc(-c2cc(NC(=O)c3cnn4cc(F)ccc34)c(C)cc2F)[nH]1. The maximum absolute atomic E-state index is 14.7. The van der Waals surface area contributed by atoms with Crippen molar-refractivity contribution in [1.29, 1.82) is 0 Å². The number of aromatic amines is 1. The number of hydrogen-bond donors (Lipinski definition) is 3. The van der Waals surface area contributed by atoms with Gasteiger partial charge in [-0.1, -0.05) is 13.8 Å². The summed E-state index contributed by atoms with van der Waals surface area (Å²) in [6, 6.07) is 5.43. The van der Waals surface area contributed by atoms with E-state index < -0.39 is 23.1 Å². The molecule has 0 bridgehead atoms. The van der Waals surface area contributed by atoms with Crippen LogP contribution < -0.4 is 5.32 Å². The van der Waals surface area contributed by atoms with E-state index in [1.807, 2.05) is 13.8 Å². The Morgan fingerprint density at radius 3 is 2.69 bits per heavy atom. The molecule has 0 spiro atoms. The first-order chi connectivity index (χ1) is 15.3. The normalized spacial score (nSPS) is 11.8. The summed E-state index contributed by atoms with van der Waals surface area (Å²) in [6.07, 6.45) is 3.34. The molecule has 3 heterocycles. The van der Waals surface area contributed by atoms with Gasteiger partial charge in [-0.25, -0.2) is 13.3 Å². The van der Waals surface area contributed by atoms with Crippen LogP contribution in [-0.4, -0.2) is 35.8 Å². The van der Waals surface area contributed by atoms with Crippen LogP contribution in [0.25, 0.3) is 16.9 Å². The Kier molecular flexibility index (Phi) is 5.47. The number of rotatable bonds is 6. The Balaban J connectivity index is 1.67. The Hall–Kier alpha value is -3.66. The van der Waals surface area contributed by atoms with Gasteiger partial charge in [-0.3, -0.25) is 4.79 Å². The van der Waals surface area contributed by atoms with Gasteiger partial charge in [0.15, 0.2) is 11.6 Å². The topological polar surface area (TPSA) is 108 Å². The molecule has 0 aliphatic heterocycles. The monoisotopic (exact) mass is 440 g/mol. The average Bonchev–Trinajstić information content (AvgIpc) is 3.42. The fourth-order valence-corrected chi connectivity index (χ4v) is 3.49. The summed E-state index contributed by atoms with van der Waals surface area (Å²) in [5.41, 5.74) is 0.455. The zero-order valence-corrected chi connectivity index (χ0v) is 17.8. The van der Waals surface area contributed by atoms with Crippen LogP contribution in [0.4, 0.5) is 14.5 Å². The van der Waals surface area contributed by atoms with Crippen molar-refractivity contribution >= 4 is 17.1 Å². The molecule has 166 valence electrons. The molecule has 3 aromatic heterocycles. The molecule has 0 unspecified atom stereocenters. The summed E-state index contributed by atoms with van der Waals surface area (Å²) >= 11 is 0. The number of carbonyl (C=O) groups excluding carboxylic acids is 1. The predicted octanol–water partition coefficient (Wildman–Crippen LogP) is 3.97. The van der Waals surface area contributed by atoms with Crippen molar-refractivity contribution in [3.63, 3.8) is 0 Å². The molecule has 1 aromatic carbocycles. The van der Waals surface area contributed by atoms with E-state index in [1.165, 1.54) is 41.2 Å². The summed E-state index contributed by atoms with van der Waals surface area (Å²) < 4.78 is 29.4. The number of amides is 1. The lowest BCUT2D eigenvalue weighted by atomic mass is 9.97. The average molecular weight is 440 g/mol. The first-order valence-electron chi connectivity index (χ1n) is 10.2. The second-order valence-electron chi connectivity index (χ2n) is 7.60. The summed E-state index contributed by atoms with van der Waals surface area (Å²) in [4.78, 5) is 15.7. The van der Waals surface area contributed by atoms with Crippen molar-refractivity contribution in [2.24, 2.45) is 0 Å². The Morgan fingerprint density at radius 2 is 1.97 bits per heavy atom. The molecular weight excluding hydrogens is 418 g/mol. The minimum absolute atomic E-state index is 0.0983. The molecule has 10 heteroatoms. The molecule has 0 atom stereocenters. The molecule has 0 radical (unpaired) electrons. The van der Waals surface area contributed by atoms with Gasteiger partial charge in [0.1, 0.15) is 17.2 Å². The van der Waals surface area contributed by atoms with Crippen LogP contribution in [0.15, 0.2) is 36.7 Å². The molecule has 0 fully saturated rings. The molecule has 0 saturated carbocycles. The van der Waals surface area contributed by atoms with E-state index >= 15 is 0 Å². The number of anilines is 1. The number of nitrogens with zero attached hydrogens (tertiary/aromatic N) is 4. The maximum Gasteiger partial charge on any atom is 0.259 e. The molecular formula is C22H22F2N6O2. The smallest absolute Gasteiger partial charge is 0.259 e. The Labute approximate surface area is 182 Å². The first-order valence-corrected chi connectivity index (χ1v) is 10.2. The van der Waals surface area contributed by atoms with E-state index in [9.17, 15) is 18.7 Å².